The second-order valence-corrected chi connectivity index (χ2v) is 4.00. The fourth-order valence-electron chi connectivity index (χ4n) is 1.46. The van der Waals surface area contributed by atoms with Gasteiger partial charge in [-0.05, 0) is 37.1 Å². The normalized spacial score (nSPS) is 10.5. The molecule has 0 atom stereocenters. The molecule has 0 fully saturated rings. The molecule has 0 saturated heterocycles. The van der Waals surface area contributed by atoms with E-state index in [0.717, 1.165) is 25.9 Å². The number of hydrogen-bond donors (Lipinski definition) is 0. The average Bonchev–Trinajstić information content (AvgIpc) is 2.34. The molecule has 1 aromatic carbocycles. The van der Waals surface area contributed by atoms with Crippen LogP contribution in [0.5, 0.6) is 0 Å². The fraction of sp³-hybridized carbons (Fsp3) is 0.500. The molecule has 0 amide bonds. The summed E-state index contributed by atoms with van der Waals surface area (Å²) < 4.78 is 18.0. The quantitative estimate of drug-likeness (QED) is 0.511. The Kier molecular flexibility index (Phi) is 6.48. The van der Waals surface area contributed by atoms with Crippen LogP contribution in [0, 0.1) is 5.82 Å². The van der Waals surface area contributed by atoms with Gasteiger partial charge in [0.2, 0.25) is 0 Å². The van der Waals surface area contributed by atoms with Crippen molar-refractivity contribution in [2.45, 2.75) is 32.6 Å². The number of Topliss-reactive ketones (excluding diaryl/α,β-unsaturated/α-hetero) is 1. The number of unbranched alkanes of at least 4 members (excludes halogenated alkanes) is 1. The molecule has 0 bridgehead atoms. The summed E-state index contributed by atoms with van der Waals surface area (Å²) in [6.07, 6.45) is 3.36. The molecule has 2 nitrogen and oxygen atoms in total. The van der Waals surface area contributed by atoms with Gasteiger partial charge < -0.3 is 4.74 Å². The lowest BCUT2D eigenvalue weighted by Gasteiger charge is -2.03. The summed E-state index contributed by atoms with van der Waals surface area (Å²) in [7, 11) is 0. The first-order chi connectivity index (χ1) is 8.24. The maximum Gasteiger partial charge on any atom is 0.162 e. The summed E-state index contributed by atoms with van der Waals surface area (Å²) in [5.74, 6) is -0.270. The van der Waals surface area contributed by atoms with Crippen LogP contribution in [0.2, 0.25) is 0 Å². The predicted octanol–water partition coefficient (Wildman–Crippen LogP) is 3.61. The number of rotatable bonds is 8. The van der Waals surface area contributed by atoms with E-state index in [-0.39, 0.29) is 11.6 Å². The summed E-state index contributed by atoms with van der Waals surface area (Å²) in [6.45, 7) is 3.50. The van der Waals surface area contributed by atoms with Crippen molar-refractivity contribution in [2.75, 3.05) is 13.2 Å². The SMILES string of the molecule is CCCCOCCCC(=O)c1ccc(F)cc1. The maximum atomic E-state index is 12.6. The number of ketones is 1. The van der Waals surface area contributed by atoms with Crippen molar-refractivity contribution in [3.63, 3.8) is 0 Å². The van der Waals surface area contributed by atoms with E-state index in [1.807, 2.05) is 0 Å². The Labute approximate surface area is 102 Å². The van der Waals surface area contributed by atoms with Crippen molar-refractivity contribution in [2.24, 2.45) is 0 Å². The van der Waals surface area contributed by atoms with Crippen LogP contribution in [-0.4, -0.2) is 19.0 Å². The topological polar surface area (TPSA) is 26.3 Å². The van der Waals surface area contributed by atoms with Gasteiger partial charge in [0.25, 0.3) is 0 Å². The molecule has 17 heavy (non-hydrogen) atoms. The van der Waals surface area contributed by atoms with Crippen molar-refractivity contribution < 1.29 is 13.9 Å². The van der Waals surface area contributed by atoms with E-state index in [1.165, 1.54) is 24.3 Å². The molecule has 3 heteroatoms. The molecule has 0 aliphatic rings. The molecule has 0 N–H and O–H groups in total. The minimum atomic E-state index is -0.315. The molecular weight excluding hydrogens is 219 g/mol. The molecular formula is C14H19FO2. The lowest BCUT2D eigenvalue weighted by atomic mass is 10.1. The van der Waals surface area contributed by atoms with Gasteiger partial charge in [0.1, 0.15) is 5.82 Å². The van der Waals surface area contributed by atoms with Crippen LogP contribution in [0.3, 0.4) is 0 Å². The molecule has 0 aliphatic heterocycles. The summed E-state index contributed by atoms with van der Waals surface area (Å²) in [6, 6.07) is 5.67. The van der Waals surface area contributed by atoms with Crippen molar-refractivity contribution in [1.82, 2.24) is 0 Å². The lowest BCUT2D eigenvalue weighted by Crippen LogP contribution is -2.03. The molecule has 0 saturated carbocycles. The van der Waals surface area contributed by atoms with Gasteiger partial charge in [-0.3, -0.25) is 4.79 Å². The highest BCUT2D eigenvalue weighted by molar-refractivity contribution is 5.95. The Bertz CT molecular complexity index is 333. The minimum Gasteiger partial charge on any atom is -0.381 e. The monoisotopic (exact) mass is 238 g/mol. The van der Waals surface area contributed by atoms with Crippen LogP contribution in [0.25, 0.3) is 0 Å². The predicted molar refractivity (Wildman–Crippen MR) is 65.7 cm³/mol. The lowest BCUT2D eigenvalue weighted by molar-refractivity contribution is 0.0935. The summed E-state index contributed by atoms with van der Waals surface area (Å²) >= 11 is 0. The highest BCUT2D eigenvalue weighted by atomic mass is 19.1. The van der Waals surface area contributed by atoms with Crippen LogP contribution in [0.4, 0.5) is 4.39 Å². The van der Waals surface area contributed by atoms with Crippen LogP contribution >= 0.6 is 0 Å². The van der Waals surface area contributed by atoms with Crippen LogP contribution in [-0.2, 0) is 4.74 Å². The molecule has 0 aliphatic carbocycles. The molecule has 94 valence electrons. The third-order valence-corrected chi connectivity index (χ3v) is 2.50. The second kappa shape index (κ2) is 7.96. The first-order valence-corrected chi connectivity index (χ1v) is 6.10. The highest BCUT2D eigenvalue weighted by Gasteiger charge is 2.05. The second-order valence-electron chi connectivity index (χ2n) is 4.00. The zero-order chi connectivity index (χ0) is 12.5. The van der Waals surface area contributed by atoms with Crippen molar-refractivity contribution in [3.8, 4) is 0 Å². The smallest absolute Gasteiger partial charge is 0.162 e. The zero-order valence-electron chi connectivity index (χ0n) is 10.2. The molecule has 1 rings (SSSR count). The standard InChI is InChI=1S/C14H19FO2/c1-2-3-10-17-11-4-5-14(16)12-6-8-13(15)9-7-12/h6-9H,2-5,10-11H2,1H3. The fourth-order valence-corrected chi connectivity index (χ4v) is 1.46. The Morgan fingerprint density at radius 2 is 1.82 bits per heavy atom. The van der Waals surface area contributed by atoms with E-state index in [0.29, 0.717) is 18.6 Å². The van der Waals surface area contributed by atoms with Gasteiger partial charge in [0, 0.05) is 25.2 Å². The molecule has 1 aromatic rings. The van der Waals surface area contributed by atoms with Gasteiger partial charge >= 0.3 is 0 Å². The van der Waals surface area contributed by atoms with E-state index in [9.17, 15) is 9.18 Å². The highest BCUT2D eigenvalue weighted by Crippen LogP contribution is 2.07. The van der Waals surface area contributed by atoms with Gasteiger partial charge in [-0.15, -0.1) is 0 Å². The first-order valence-electron chi connectivity index (χ1n) is 6.10. The number of halogens is 1. The van der Waals surface area contributed by atoms with E-state index in [1.54, 1.807) is 0 Å². The third kappa shape index (κ3) is 5.59. The van der Waals surface area contributed by atoms with Gasteiger partial charge in [-0.25, -0.2) is 4.39 Å². The molecule has 0 unspecified atom stereocenters. The van der Waals surface area contributed by atoms with E-state index >= 15 is 0 Å². The molecule has 0 spiro atoms. The van der Waals surface area contributed by atoms with Crippen molar-refractivity contribution >= 4 is 5.78 Å². The Morgan fingerprint density at radius 1 is 1.18 bits per heavy atom. The molecule has 0 aromatic heterocycles. The summed E-state index contributed by atoms with van der Waals surface area (Å²) in [4.78, 5) is 11.7. The van der Waals surface area contributed by atoms with Gasteiger partial charge in [-0.2, -0.15) is 0 Å². The summed E-state index contributed by atoms with van der Waals surface area (Å²) in [5.41, 5.74) is 0.569. The number of ether oxygens (including phenoxy) is 1. The van der Waals surface area contributed by atoms with Crippen molar-refractivity contribution in [3.05, 3.63) is 35.6 Å². The maximum absolute atomic E-state index is 12.6. The molecule has 0 heterocycles. The van der Waals surface area contributed by atoms with Gasteiger partial charge in [0.05, 0.1) is 0 Å². The van der Waals surface area contributed by atoms with E-state index in [2.05, 4.69) is 6.92 Å². The third-order valence-electron chi connectivity index (χ3n) is 2.50. The number of carbonyl (C=O) groups is 1. The largest absolute Gasteiger partial charge is 0.381 e. The van der Waals surface area contributed by atoms with Gasteiger partial charge in [-0.1, -0.05) is 13.3 Å². The summed E-state index contributed by atoms with van der Waals surface area (Å²) in [5, 5.41) is 0. The first kappa shape index (κ1) is 13.8. The number of carbonyl (C=O) groups excluding carboxylic acids is 1. The van der Waals surface area contributed by atoms with E-state index in [4.69, 9.17) is 4.74 Å². The van der Waals surface area contributed by atoms with Crippen LogP contribution in [0.1, 0.15) is 43.0 Å². The minimum absolute atomic E-state index is 0.0455. The number of benzene rings is 1. The Hall–Kier alpha value is -1.22. The van der Waals surface area contributed by atoms with Gasteiger partial charge in [0.15, 0.2) is 5.78 Å². The van der Waals surface area contributed by atoms with Crippen molar-refractivity contribution in [1.29, 1.82) is 0 Å². The molecule has 0 radical (unpaired) electrons. The van der Waals surface area contributed by atoms with E-state index < -0.39 is 0 Å². The average molecular weight is 238 g/mol. The van der Waals surface area contributed by atoms with Crippen LogP contribution in [0.15, 0.2) is 24.3 Å². The number of hydrogen-bond acceptors (Lipinski definition) is 2. The Balaban J connectivity index is 2.19. The van der Waals surface area contributed by atoms with Crippen LogP contribution < -0.4 is 0 Å². The Morgan fingerprint density at radius 3 is 2.47 bits per heavy atom. The zero-order valence-corrected chi connectivity index (χ0v) is 10.2.